The first-order valence-corrected chi connectivity index (χ1v) is 8.43. The fraction of sp³-hybridized carbons (Fsp3) is 0.211. The summed E-state index contributed by atoms with van der Waals surface area (Å²) in [6, 6.07) is 8.87. The number of hydrogen-bond donors (Lipinski definition) is 1. The van der Waals surface area contributed by atoms with E-state index in [9.17, 15) is 9.59 Å². The Hall–Kier alpha value is -3.55. The summed E-state index contributed by atoms with van der Waals surface area (Å²) in [6.07, 6.45) is 3.00. The molecule has 0 unspecified atom stereocenters. The van der Waals surface area contributed by atoms with Crippen LogP contribution in [0, 0.1) is 13.8 Å². The van der Waals surface area contributed by atoms with Gasteiger partial charge in [0.2, 0.25) is 5.82 Å². The normalized spacial score (nSPS) is 11.1. The number of hydrogen-bond acceptors (Lipinski definition) is 6. The summed E-state index contributed by atoms with van der Waals surface area (Å²) >= 11 is 0. The lowest BCUT2D eigenvalue weighted by molar-refractivity contribution is -0.137. The second kappa shape index (κ2) is 7.77. The van der Waals surface area contributed by atoms with E-state index in [2.05, 4.69) is 20.4 Å². The lowest BCUT2D eigenvalue weighted by Gasteiger charge is -2.03. The topological polar surface area (TPSA) is 98.5 Å². The monoisotopic (exact) mass is 365 g/mol. The average molecular weight is 365 g/mol. The number of nitrogens with zero attached hydrogens (tertiary/aromatic N) is 4. The molecule has 2 heterocycles. The number of fused-ring (bicyclic) bond motifs is 1. The molecule has 0 spiro atoms. The number of aromatic nitrogens is 4. The van der Waals surface area contributed by atoms with Crippen LogP contribution in [0.4, 0.5) is 5.69 Å². The second-order valence-corrected chi connectivity index (χ2v) is 5.85. The van der Waals surface area contributed by atoms with Gasteiger partial charge in [0.05, 0.1) is 6.61 Å². The number of carbonyl (C=O) groups excluding carboxylic acids is 2. The van der Waals surface area contributed by atoms with Crippen LogP contribution in [0.2, 0.25) is 0 Å². The number of amides is 1. The van der Waals surface area contributed by atoms with Crippen molar-refractivity contribution in [3.05, 3.63) is 59.2 Å². The molecule has 27 heavy (non-hydrogen) atoms. The number of nitrogens with one attached hydrogen (secondary N) is 1. The number of aryl methyl sites for hydroxylation is 2. The van der Waals surface area contributed by atoms with E-state index < -0.39 is 11.9 Å². The molecule has 0 radical (unpaired) electrons. The zero-order valence-corrected chi connectivity index (χ0v) is 15.3. The number of benzene rings is 1. The third-order valence-corrected chi connectivity index (χ3v) is 3.69. The van der Waals surface area contributed by atoms with Crippen molar-refractivity contribution in [1.29, 1.82) is 0 Å². The maximum atomic E-state index is 12.4. The molecule has 0 aliphatic heterocycles. The van der Waals surface area contributed by atoms with Crippen molar-refractivity contribution in [2.75, 3.05) is 11.9 Å². The van der Waals surface area contributed by atoms with Crippen molar-refractivity contribution < 1.29 is 14.3 Å². The smallest absolute Gasteiger partial charge is 0.330 e. The van der Waals surface area contributed by atoms with E-state index in [1.54, 1.807) is 37.3 Å². The standard InChI is InChI=1S/C19H19N5O3/c1-4-27-16(25)10-7-14-5-8-15(9-6-14)21-18(26)17-22-19-20-12(2)11-13(3)24(19)23-17/h5-11H,4H2,1-3H3,(H,21,26)/b10-7+. The van der Waals surface area contributed by atoms with E-state index in [-0.39, 0.29) is 5.82 Å². The summed E-state index contributed by atoms with van der Waals surface area (Å²) in [5.41, 5.74) is 3.06. The van der Waals surface area contributed by atoms with Gasteiger partial charge in [-0.25, -0.2) is 14.3 Å². The Kier molecular flexibility index (Phi) is 5.25. The fourth-order valence-electron chi connectivity index (χ4n) is 2.48. The molecule has 0 fully saturated rings. The Balaban J connectivity index is 1.71. The molecule has 8 nitrogen and oxygen atoms in total. The number of carbonyl (C=O) groups is 2. The highest BCUT2D eigenvalue weighted by Crippen LogP contribution is 2.12. The molecule has 1 aromatic carbocycles. The van der Waals surface area contributed by atoms with Crippen LogP contribution < -0.4 is 5.32 Å². The van der Waals surface area contributed by atoms with Crippen LogP contribution in [0.1, 0.15) is 34.5 Å². The summed E-state index contributed by atoms with van der Waals surface area (Å²) in [5.74, 6) is -0.390. The molecular formula is C19H19N5O3. The van der Waals surface area contributed by atoms with Gasteiger partial charge in [-0.1, -0.05) is 12.1 Å². The van der Waals surface area contributed by atoms with Gasteiger partial charge in [-0.3, -0.25) is 4.79 Å². The van der Waals surface area contributed by atoms with Gasteiger partial charge in [-0.2, -0.15) is 4.98 Å². The summed E-state index contributed by atoms with van der Waals surface area (Å²) in [6.45, 7) is 5.82. The first-order chi connectivity index (χ1) is 13.0. The molecule has 3 aromatic rings. The van der Waals surface area contributed by atoms with Crippen LogP contribution in [-0.4, -0.2) is 38.1 Å². The maximum absolute atomic E-state index is 12.4. The molecule has 0 aliphatic carbocycles. The molecule has 8 heteroatoms. The molecule has 3 rings (SSSR count). The zero-order valence-electron chi connectivity index (χ0n) is 15.3. The zero-order chi connectivity index (χ0) is 19.4. The van der Waals surface area contributed by atoms with Gasteiger partial charge < -0.3 is 10.1 Å². The molecule has 0 saturated heterocycles. The highest BCUT2D eigenvalue weighted by Gasteiger charge is 2.15. The van der Waals surface area contributed by atoms with E-state index in [4.69, 9.17) is 4.74 Å². The van der Waals surface area contributed by atoms with Crippen molar-refractivity contribution in [2.24, 2.45) is 0 Å². The summed E-state index contributed by atoms with van der Waals surface area (Å²) in [4.78, 5) is 32.2. The number of rotatable bonds is 5. The Bertz CT molecular complexity index is 1020. The number of anilines is 1. The minimum atomic E-state index is -0.424. The molecule has 2 aromatic heterocycles. The van der Waals surface area contributed by atoms with Crippen LogP contribution in [0.25, 0.3) is 11.9 Å². The van der Waals surface area contributed by atoms with E-state index >= 15 is 0 Å². The molecule has 138 valence electrons. The lowest BCUT2D eigenvalue weighted by atomic mass is 10.2. The predicted molar refractivity (Wildman–Crippen MR) is 100 cm³/mol. The highest BCUT2D eigenvalue weighted by molar-refractivity contribution is 6.01. The third kappa shape index (κ3) is 4.35. The van der Waals surface area contributed by atoms with E-state index in [1.165, 1.54) is 10.6 Å². The van der Waals surface area contributed by atoms with Gasteiger partial charge in [-0.05, 0) is 50.6 Å². The van der Waals surface area contributed by atoms with Crippen molar-refractivity contribution in [1.82, 2.24) is 19.6 Å². The van der Waals surface area contributed by atoms with Gasteiger partial charge in [0.1, 0.15) is 0 Å². The van der Waals surface area contributed by atoms with Crippen molar-refractivity contribution in [2.45, 2.75) is 20.8 Å². The molecule has 0 saturated carbocycles. The van der Waals surface area contributed by atoms with Crippen LogP contribution in [0.5, 0.6) is 0 Å². The van der Waals surface area contributed by atoms with Gasteiger partial charge in [0.25, 0.3) is 11.7 Å². The van der Waals surface area contributed by atoms with Crippen LogP contribution in [-0.2, 0) is 9.53 Å². The fourth-order valence-corrected chi connectivity index (χ4v) is 2.48. The molecular weight excluding hydrogens is 346 g/mol. The van der Waals surface area contributed by atoms with E-state index in [0.717, 1.165) is 17.0 Å². The van der Waals surface area contributed by atoms with Crippen molar-refractivity contribution >= 4 is 29.4 Å². The van der Waals surface area contributed by atoms with Gasteiger partial charge in [0, 0.05) is 23.2 Å². The minimum absolute atomic E-state index is 0.0440. The highest BCUT2D eigenvalue weighted by atomic mass is 16.5. The van der Waals surface area contributed by atoms with Gasteiger partial charge >= 0.3 is 5.97 Å². The Labute approximate surface area is 155 Å². The Morgan fingerprint density at radius 1 is 1.19 bits per heavy atom. The molecule has 0 bridgehead atoms. The largest absolute Gasteiger partial charge is 0.463 e. The van der Waals surface area contributed by atoms with Crippen LogP contribution >= 0.6 is 0 Å². The molecule has 1 amide bonds. The Morgan fingerprint density at radius 2 is 1.93 bits per heavy atom. The summed E-state index contributed by atoms with van der Waals surface area (Å²) in [5, 5.41) is 6.95. The van der Waals surface area contributed by atoms with Crippen molar-refractivity contribution in [3.63, 3.8) is 0 Å². The third-order valence-electron chi connectivity index (χ3n) is 3.69. The van der Waals surface area contributed by atoms with Crippen LogP contribution in [0.3, 0.4) is 0 Å². The van der Waals surface area contributed by atoms with Gasteiger partial charge in [-0.15, -0.1) is 5.10 Å². The van der Waals surface area contributed by atoms with E-state index in [1.807, 2.05) is 19.9 Å². The summed E-state index contributed by atoms with van der Waals surface area (Å²) in [7, 11) is 0. The SMILES string of the molecule is CCOC(=O)/C=C/c1ccc(NC(=O)c2nc3nc(C)cc(C)n3n2)cc1. The maximum Gasteiger partial charge on any atom is 0.330 e. The Morgan fingerprint density at radius 3 is 2.63 bits per heavy atom. The minimum Gasteiger partial charge on any atom is -0.463 e. The molecule has 0 aliphatic rings. The number of esters is 1. The number of ether oxygens (including phenoxy) is 1. The molecule has 1 N–H and O–H groups in total. The van der Waals surface area contributed by atoms with E-state index in [0.29, 0.717) is 18.1 Å². The average Bonchev–Trinajstić information content (AvgIpc) is 3.06. The predicted octanol–water partition coefficient (Wildman–Crippen LogP) is 2.57. The summed E-state index contributed by atoms with van der Waals surface area (Å²) < 4.78 is 6.36. The first kappa shape index (κ1) is 18.2. The quantitative estimate of drug-likeness (QED) is 0.551. The first-order valence-electron chi connectivity index (χ1n) is 8.43. The van der Waals surface area contributed by atoms with Crippen molar-refractivity contribution in [3.8, 4) is 0 Å². The van der Waals surface area contributed by atoms with Gasteiger partial charge in [0.15, 0.2) is 0 Å². The van der Waals surface area contributed by atoms with Crippen LogP contribution in [0.15, 0.2) is 36.4 Å². The molecule has 0 atom stereocenters. The lowest BCUT2D eigenvalue weighted by Crippen LogP contribution is -2.14. The second-order valence-electron chi connectivity index (χ2n) is 5.85.